The van der Waals surface area contributed by atoms with Crippen LogP contribution >= 0.6 is 0 Å². The van der Waals surface area contributed by atoms with Crippen molar-refractivity contribution < 1.29 is 4.79 Å². The minimum Gasteiger partial charge on any atom is -0.365 e. The molecule has 0 bridgehead atoms. The van der Waals surface area contributed by atoms with Crippen molar-refractivity contribution in [2.45, 2.75) is 6.54 Å². The maximum absolute atomic E-state index is 12.5. The highest BCUT2D eigenvalue weighted by atomic mass is 16.2. The Bertz CT molecular complexity index is 895. The van der Waals surface area contributed by atoms with Gasteiger partial charge < -0.3 is 15.1 Å². The minimum atomic E-state index is -0.0801. The predicted molar refractivity (Wildman–Crippen MR) is 101 cm³/mol. The quantitative estimate of drug-likeness (QED) is 0.746. The topological polar surface area (TPSA) is 84.1 Å². The number of anilines is 1. The van der Waals surface area contributed by atoms with E-state index in [1.165, 1.54) is 0 Å². The maximum Gasteiger partial charge on any atom is 0.317 e. The summed E-state index contributed by atoms with van der Waals surface area (Å²) in [5, 5.41) is 15.3. The molecular weight excluding hydrogens is 344 g/mol. The first-order valence-electron chi connectivity index (χ1n) is 8.91. The molecule has 27 heavy (non-hydrogen) atoms. The van der Waals surface area contributed by atoms with Crippen molar-refractivity contribution in [3.8, 4) is 5.69 Å². The summed E-state index contributed by atoms with van der Waals surface area (Å²) >= 11 is 0. The number of carbonyl (C=O) groups is 1. The third kappa shape index (κ3) is 3.76. The summed E-state index contributed by atoms with van der Waals surface area (Å²) in [4.78, 5) is 16.6. The first kappa shape index (κ1) is 17.1. The lowest BCUT2D eigenvalue weighted by Gasteiger charge is -2.35. The number of benzene rings is 1. The number of amides is 2. The van der Waals surface area contributed by atoms with Gasteiger partial charge in [-0.3, -0.25) is 9.25 Å². The summed E-state index contributed by atoms with van der Waals surface area (Å²) in [5.41, 5.74) is 2.06. The van der Waals surface area contributed by atoms with E-state index in [4.69, 9.17) is 0 Å². The van der Waals surface area contributed by atoms with Crippen molar-refractivity contribution in [1.29, 1.82) is 0 Å². The van der Waals surface area contributed by atoms with Crippen molar-refractivity contribution in [1.82, 2.24) is 34.8 Å². The van der Waals surface area contributed by atoms with Gasteiger partial charge in [-0.15, -0.1) is 10.2 Å². The van der Waals surface area contributed by atoms with Crippen LogP contribution in [0.15, 0.2) is 49.1 Å². The Labute approximate surface area is 157 Å². The van der Waals surface area contributed by atoms with Gasteiger partial charge in [-0.05, 0) is 12.1 Å². The summed E-state index contributed by atoms with van der Waals surface area (Å²) < 4.78 is 3.66. The number of urea groups is 1. The lowest BCUT2D eigenvalue weighted by Crippen LogP contribution is -2.51. The second kappa shape index (κ2) is 7.48. The van der Waals surface area contributed by atoms with Crippen molar-refractivity contribution in [2.24, 2.45) is 7.05 Å². The Balaban J connectivity index is 1.32. The molecule has 9 nitrogen and oxygen atoms in total. The molecule has 0 radical (unpaired) electrons. The molecule has 1 fully saturated rings. The van der Waals surface area contributed by atoms with Gasteiger partial charge in [0.1, 0.15) is 6.33 Å². The average Bonchev–Trinajstić information content (AvgIpc) is 3.36. The van der Waals surface area contributed by atoms with E-state index < -0.39 is 0 Å². The Morgan fingerprint density at radius 1 is 1.11 bits per heavy atom. The molecule has 9 heteroatoms. The molecule has 140 valence electrons. The molecule has 0 spiro atoms. The van der Waals surface area contributed by atoms with Crippen LogP contribution in [0.5, 0.6) is 0 Å². The van der Waals surface area contributed by atoms with Crippen LogP contribution in [0.2, 0.25) is 0 Å². The first-order chi connectivity index (χ1) is 13.2. The van der Waals surface area contributed by atoms with Gasteiger partial charge in [-0.2, -0.15) is 5.10 Å². The normalized spacial score (nSPS) is 14.4. The molecule has 0 unspecified atom stereocenters. The highest BCUT2D eigenvalue weighted by Crippen LogP contribution is 2.15. The van der Waals surface area contributed by atoms with Crippen LogP contribution in [0.25, 0.3) is 5.69 Å². The summed E-state index contributed by atoms with van der Waals surface area (Å²) in [5.74, 6) is 0.698. The summed E-state index contributed by atoms with van der Waals surface area (Å²) in [6, 6.07) is 9.75. The molecule has 4 rings (SSSR count). The first-order valence-corrected chi connectivity index (χ1v) is 8.91. The summed E-state index contributed by atoms with van der Waals surface area (Å²) in [6.45, 7) is 3.26. The molecule has 1 aliphatic heterocycles. The number of nitrogens with zero attached hydrogens (tertiary/aromatic N) is 7. The molecule has 0 atom stereocenters. The van der Waals surface area contributed by atoms with Crippen LogP contribution in [-0.4, -0.2) is 61.7 Å². The van der Waals surface area contributed by atoms with Gasteiger partial charge in [-0.25, -0.2) is 4.79 Å². The highest BCUT2D eigenvalue weighted by Gasteiger charge is 2.22. The average molecular weight is 366 g/mol. The number of para-hydroxylation sites is 1. The molecule has 3 aromatic rings. The van der Waals surface area contributed by atoms with Crippen LogP contribution < -0.4 is 10.2 Å². The van der Waals surface area contributed by atoms with Crippen molar-refractivity contribution in [2.75, 3.05) is 31.1 Å². The number of aromatic nitrogens is 5. The lowest BCUT2D eigenvalue weighted by atomic mass is 10.3. The predicted octanol–water partition coefficient (Wildman–Crippen LogP) is 1.03. The highest BCUT2D eigenvalue weighted by molar-refractivity contribution is 5.74. The van der Waals surface area contributed by atoms with Gasteiger partial charge in [0.05, 0.1) is 18.4 Å². The van der Waals surface area contributed by atoms with Gasteiger partial charge in [0, 0.05) is 45.1 Å². The van der Waals surface area contributed by atoms with Gasteiger partial charge >= 0.3 is 6.03 Å². The Morgan fingerprint density at radius 3 is 2.59 bits per heavy atom. The zero-order valence-corrected chi connectivity index (χ0v) is 15.2. The summed E-state index contributed by atoms with van der Waals surface area (Å²) in [6.07, 6.45) is 5.50. The zero-order chi connectivity index (χ0) is 18.6. The third-order valence-electron chi connectivity index (χ3n) is 4.67. The molecule has 1 saturated heterocycles. The monoisotopic (exact) mass is 366 g/mol. The lowest BCUT2D eigenvalue weighted by molar-refractivity contribution is 0.193. The van der Waals surface area contributed by atoms with Crippen LogP contribution in [0.4, 0.5) is 10.5 Å². The van der Waals surface area contributed by atoms with E-state index in [0.29, 0.717) is 25.5 Å². The minimum absolute atomic E-state index is 0.0801. The van der Waals surface area contributed by atoms with Crippen LogP contribution in [0.1, 0.15) is 5.82 Å². The number of rotatable bonds is 4. The molecule has 2 amide bonds. The molecule has 0 aliphatic carbocycles. The summed E-state index contributed by atoms with van der Waals surface area (Å²) in [7, 11) is 1.90. The van der Waals surface area contributed by atoms with Crippen LogP contribution in [0.3, 0.4) is 0 Å². The van der Waals surface area contributed by atoms with E-state index in [0.717, 1.165) is 24.5 Å². The van der Waals surface area contributed by atoms with Crippen molar-refractivity contribution in [3.05, 3.63) is 54.9 Å². The van der Waals surface area contributed by atoms with Crippen molar-refractivity contribution in [3.63, 3.8) is 0 Å². The maximum atomic E-state index is 12.5. The fourth-order valence-electron chi connectivity index (χ4n) is 3.19. The van der Waals surface area contributed by atoms with E-state index >= 15 is 0 Å². The van der Waals surface area contributed by atoms with E-state index in [-0.39, 0.29) is 6.03 Å². The number of carbonyl (C=O) groups excluding carboxylic acids is 1. The molecule has 2 aromatic heterocycles. The van der Waals surface area contributed by atoms with E-state index in [1.54, 1.807) is 11.0 Å². The molecular formula is C18H22N8O. The SMILES string of the molecule is Cn1cc(N2CCN(C(=O)NCc3nncn3-c3ccccc3)CC2)cn1. The fraction of sp³-hybridized carbons (Fsp3) is 0.333. The third-order valence-corrected chi connectivity index (χ3v) is 4.67. The Hall–Kier alpha value is -3.36. The Morgan fingerprint density at radius 2 is 1.89 bits per heavy atom. The number of nitrogens with one attached hydrogen (secondary N) is 1. The van der Waals surface area contributed by atoms with E-state index in [9.17, 15) is 4.79 Å². The Kier molecular flexibility index (Phi) is 4.73. The molecule has 3 heterocycles. The number of hydrogen-bond donors (Lipinski definition) is 1. The molecule has 0 saturated carbocycles. The van der Waals surface area contributed by atoms with Crippen LogP contribution in [0, 0.1) is 0 Å². The standard InChI is InChI=1S/C18H22N8O/c1-23-13-16(11-21-23)24-7-9-25(10-8-24)18(27)19-12-17-22-20-14-26(17)15-5-3-2-4-6-15/h2-6,11,13-14H,7-10,12H2,1H3,(H,19,27). The van der Waals surface area contributed by atoms with Gasteiger partial charge in [-0.1, -0.05) is 18.2 Å². The van der Waals surface area contributed by atoms with Crippen LogP contribution in [-0.2, 0) is 13.6 Å². The smallest absolute Gasteiger partial charge is 0.317 e. The van der Waals surface area contributed by atoms with E-state index in [1.807, 2.05) is 59.2 Å². The molecule has 1 N–H and O–H groups in total. The molecule has 1 aromatic carbocycles. The van der Waals surface area contributed by atoms with E-state index in [2.05, 4.69) is 25.5 Å². The number of piperazine rings is 1. The van der Waals surface area contributed by atoms with Crippen molar-refractivity contribution >= 4 is 11.7 Å². The van der Waals surface area contributed by atoms with Gasteiger partial charge in [0.25, 0.3) is 0 Å². The van der Waals surface area contributed by atoms with Gasteiger partial charge in [0.15, 0.2) is 5.82 Å². The fourth-order valence-corrected chi connectivity index (χ4v) is 3.19. The molecule has 1 aliphatic rings. The second-order valence-electron chi connectivity index (χ2n) is 6.46. The largest absolute Gasteiger partial charge is 0.365 e. The number of hydrogen-bond acceptors (Lipinski definition) is 5. The zero-order valence-electron chi connectivity index (χ0n) is 15.2. The second-order valence-corrected chi connectivity index (χ2v) is 6.46. The van der Waals surface area contributed by atoms with Gasteiger partial charge in [0.2, 0.25) is 0 Å². The number of aryl methyl sites for hydroxylation is 1.